The summed E-state index contributed by atoms with van der Waals surface area (Å²) in [6.45, 7) is 8.02. The van der Waals surface area contributed by atoms with Crippen molar-refractivity contribution in [3.8, 4) is 5.75 Å². The molecule has 8 N–H and O–H groups in total. The van der Waals surface area contributed by atoms with Gasteiger partial charge in [-0.25, -0.2) is 4.79 Å². The number of amides is 3. The lowest BCUT2D eigenvalue weighted by atomic mass is 9.57. The van der Waals surface area contributed by atoms with Crippen LogP contribution >= 0.6 is 0 Å². The highest BCUT2D eigenvalue weighted by Gasteiger charge is 2.64. The van der Waals surface area contributed by atoms with Gasteiger partial charge in [-0.1, -0.05) is 38.5 Å². The molecule has 0 bridgehead atoms. The number of nitrogens with two attached hydrogens (primary N) is 1. The van der Waals surface area contributed by atoms with Crippen molar-refractivity contribution in [3.63, 3.8) is 0 Å². The van der Waals surface area contributed by atoms with E-state index in [1.165, 1.54) is 4.90 Å². The van der Waals surface area contributed by atoms with Gasteiger partial charge in [-0.3, -0.25) is 19.3 Å². The molecule has 13 heteroatoms. The van der Waals surface area contributed by atoms with E-state index in [0.717, 1.165) is 11.1 Å². The number of nitrogens with one attached hydrogen (secondary N) is 2. The smallest absolute Gasteiger partial charge is 0.323 e. The number of aliphatic hydroxyl groups is 3. The van der Waals surface area contributed by atoms with Crippen LogP contribution in [-0.4, -0.2) is 88.7 Å². The van der Waals surface area contributed by atoms with Crippen LogP contribution in [0.25, 0.3) is 5.76 Å². The molecule has 0 radical (unpaired) electrons. The lowest BCUT2D eigenvalue weighted by molar-refractivity contribution is -0.153. The summed E-state index contributed by atoms with van der Waals surface area (Å²) in [6, 6.07) is 5.37. The number of primary amides is 1. The lowest BCUT2D eigenvalue weighted by Gasteiger charge is -2.50. The van der Waals surface area contributed by atoms with Crippen molar-refractivity contribution in [2.24, 2.45) is 17.6 Å². The average Bonchev–Trinajstić information content (AvgIpc) is 2.96. The molecule has 48 heavy (non-hydrogen) atoms. The lowest BCUT2D eigenvalue weighted by Crippen LogP contribution is -2.65. The van der Waals surface area contributed by atoms with Crippen molar-refractivity contribution in [2.45, 2.75) is 57.6 Å². The Kier molecular flexibility index (Phi) is 8.38. The third-order valence-electron chi connectivity index (χ3n) is 9.66. The second-order valence-electron chi connectivity index (χ2n) is 14.4. The molecule has 5 rings (SSSR count). The number of aromatic hydroxyl groups is 1. The average molecular weight is 662 g/mol. The minimum atomic E-state index is -2.75. The van der Waals surface area contributed by atoms with Gasteiger partial charge in [-0.15, -0.1) is 0 Å². The van der Waals surface area contributed by atoms with Crippen molar-refractivity contribution in [3.05, 3.63) is 63.4 Å². The van der Waals surface area contributed by atoms with Gasteiger partial charge in [-0.2, -0.15) is 0 Å². The topological polar surface area (TPSA) is 206 Å². The zero-order chi connectivity index (χ0) is 35.8. The third kappa shape index (κ3) is 5.27. The van der Waals surface area contributed by atoms with Gasteiger partial charge < -0.3 is 41.7 Å². The van der Waals surface area contributed by atoms with E-state index in [9.17, 15) is 39.6 Å². The number of nitrogens with zero attached hydrogens (tertiary/aromatic N) is 2. The Morgan fingerprint density at radius 2 is 1.62 bits per heavy atom. The van der Waals surface area contributed by atoms with Gasteiger partial charge in [0.15, 0.2) is 17.1 Å². The van der Waals surface area contributed by atoms with Crippen LogP contribution in [0.1, 0.15) is 49.4 Å². The van der Waals surface area contributed by atoms with Gasteiger partial charge in [0.1, 0.15) is 17.1 Å². The first-order valence-corrected chi connectivity index (χ1v) is 15.6. The van der Waals surface area contributed by atoms with E-state index in [-0.39, 0.29) is 35.1 Å². The molecule has 0 saturated heterocycles. The maximum absolute atomic E-state index is 14.2. The standard InChI is InChI=1S/C35H43N5O8/c1-15-9-10-20(18(11-15)34(2,3)4)37-33(47)38-21-14-22(39(5)6)17-12-16-13-19-26(40(7)8)29(43)25(32(36)46)31(45)35(19,48)30(44)23(16)28(42)24(17)27(21)41/h9-11,14,16,19,26,41-42,45,48H,12-13H2,1-8H3,(H2,36,46)(H2,37,38,47)/t16-,19-,26-,35-/m1/s1. The number of aryl methyl sites for hydroxylation is 1. The van der Waals surface area contributed by atoms with E-state index < -0.39 is 69.8 Å². The minimum absolute atomic E-state index is 0.0333. The number of anilines is 3. The summed E-state index contributed by atoms with van der Waals surface area (Å²) in [4.78, 5) is 56.3. The zero-order valence-electron chi connectivity index (χ0n) is 28.3. The summed E-state index contributed by atoms with van der Waals surface area (Å²) in [5.41, 5.74) is 4.54. The summed E-state index contributed by atoms with van der Waals surface area (Å²) in [5, 5.41) is 51.7. The molecule has 3 amide bonds. The first-order valence-electron chi connectivity index (χ1n) is 15.6. The van der Waals surface area contributed by atoms with E-state index >= 15 is 0 Å². The normalized spacial score (nSPS) is 23.8. The molecule has 4 atom stereocenters. The fourth-order valence-electron chi connectivity index (χ4n) is 7.45. The SMILES string of the molecule is Cc1ccc(NC(=O)Nc2cc(N(C)C)c3c(c2O)C(O)=C2C(=O)[C@@]4(O)C(O)=C(C(N)=O)C(=O)[C@H](N(C)C)[C@H]4C[C@H]2C3)c(C(C)(C)C)c1. The quantitative estimate of drug-likeness (QED) is 0.184. The van der Waals surface area contributed by atoms with Gasteiger partial charge >= 0.3 is 6.03 Å². The van der Waals surface area contributed by atoms with Gasteiger partial charge in [0.25, 0.3) is 5.91 Å². The van der Waals surface area contributed by atoms with Crippen LogP contribution in [0.15, 0.2) is 41.2 Å². The molecule has 0 heterocycles. The summed E-state index contributed by atoms with van der Waals surface area (Å²) in [5.74, 6) is -7.47. The van der Waals surface area contributed by atoms with Crippen LogP contribution < -0.4 is 21.3 Å². The number of likely N-dealkylation sites (N-methyl/N-ethyl adjacent to an activating group) is 1. The zero-order valence-corrected chi connectivity index (χ0v) is 28.3. The molecule has 0 spiro atoms. The molecule has 3 aliphatic rings. The van der Waals surface area contributed by atoms with Crippen LogP contribution in [0.2, 0.25) is 0 Å². The maximum Gasteiger partial charge on any atom is 0.323 e. The van der Waals surface area contributed by atoms with E-state index in [2.05, 4.69) is 10.6 Å². The van der Waals surface area contributed by atoms with E-state index in [4.69, 9.17) is 5.73 Å². The van der Waals surface area contributed by atoms with E-state index in [1.807, 2.05) is 39.8 Å². The van der Waals surface area contributed by atoms with Crippen molar-refractivity contribution in [1.29, 1.82) is 0 Å². The van der Waals surface area contributed by atoms with E-state index in [0.29, 0.717) is 16.9 Å². The number of aliphatic hydroxyl groups excluding tert-OH is 2. The fourth-order valence-corrected chi connectivity index (χ4v) is 7.45. The number of hydrogen-bond donors (Lipinski definition) is 7. The Hall–Kier alpha value is -4.88. The Morgan fingerprint density at radius 3 is 2.19 bits per heavy atom. The Labute approximate surface area is 278 Å². The molecule has 2 aromatic carbocycles. The molecular formula is C35H43N5O8. The second-order valence-corrected chi connectivity index (χ2v) is 14.4. The van der Waals surface area contributed by atoms with Crippen LogP contribution in [0.5, 0.6) is 5.75 Å². The number of hydrogen-bond acceptors (Lipinski definition) is 10. The fraction of sp³-hybridized carbons (Fsp3) is 0.429. The molecule has 0 aromatic heterocycles. The molecule has 256 valence electrons. The van der Waals surface area contributed by atoms with Gasteiger partial charge in [0.05, 0.1) is 17.3 Å². The number of rotatable bonds is 5. The Balaban J connectivity index is 1.62. The number of carbonyl (C=O) groups is 4. The minimum Gasteiger partial charge on any atom is -0.508 e. The highest BCUT2D eigenvalue weighted by atomic mass is 16.3. The summed E-state index contributed by atoms with van der Waals surface area (Å²) in [6.07, 6.45) is 0.0782. The van der Waals surface area contributed by atoms with E-state index in [1.54, 1.807) is 45.2 Å². The van der Waals surface area contributed by atoms with Crippen LogP contribution in [0.3, 0.4) is 0 Å². The first-order chi connectivity index (χ1) is 22.2. The van der Waals surface area contributed by atoms with Gasteiger partial charge in [0.2, 0.25) is 5.78 Å². The van der Waals surface area contributed by atoms with Crippen molar-refractivity contribution in [2.75, 3.05) is 43.7 Å². The molecule has 3 aliphatic carbocycles. The molecule has 1 fully saturated rings. The number of carbonyl (C=O) groups excluding carboxylic acids is 4. The van der Waals surface area contributed by atoms with Gasteiger partial charge in [0, 0.05) is 37.0 Å². The Morgan fingerprint density at radius 1 is 1.00 bits per heavy atom. The van der Waals surface area contributed by atoms with Crippen LogP contribution in [-0.2, 0) is 26.2 Å². The maximum atomic E-state index is 14.2. The Bertz CT molecular complexity index is 1840. The molecular weight excluding hydrogens is 618 g/mol. The predicted octanol–water partition coefficient (Wildman–Crippen LogP) is 3.28. The number of Topliss-reactive ketones (excluding diaryl/α,β-unsaturated/α-hetero) is 2. The first kappa shape index (κ1) is 34.5. The molecule has 2 aromatic rings. The number of ketones is 2. The highest BCUT2D eigenvalue weighted by molar-refractivity contribution is 6.24. The largest absolute Gasteiger partial charge is 0.508 e. The van der Waals surface area contributed by atoms with Gasteiger partial charge in [-0.05, 0) is 68.5 Å². The number of benzene rings is 2. The van der Waals surface area contributed by atoms with Crippen molar-refractivity contribution >= 4 is 46.3 Å². The molecule has 1 saturated carbocycles. The highest BCUT2D eigenvalue weighted by Crippen LogP contribution is 2.54. The number of phenols is 1. The predicted molar refractivity (Wildman–Crippen MR) is 181 cm³/mol. The van der Waals surface area contributed by atoms with Crippen molar-refractivity contribution < 1.29 is 39.6 Å². The summed E-state index contributed by atoms with van der Waals surface area (Å²) >= 11 is 0. The third-order valence-corrected chi connectivity index (χ3v) is 9.66. The summed E-state index contributed by atoms with van der Waals surface area (Å²) in [7, 11) is 6.58. The summed E-state index contributed by atoms with van der Waals surface area (Å²) < 4.78 is 0. The molecule has 0 aliphatic heterocycles. The number of urea groups is 1. The number of fused-ring (bicyclic) bond motifs is 3. The molecule has 13 nitrogen and oxygen atoms in total. The molecule has 0 unspecified atom stereocenters. The van der Waals surface area contributed by atoms with Crippen LogP contribution in [0, 0.1) is 18.8 Å². The van der Waals surface area contributed by atoms with Crippen molar-refractivity contribution in [1.82, 2.24) is 4.90 Å². The monoisotopic (exact) mass is 661 g/mol. The van der Waals surface area contributed by atoms with Crippen LogP contribution in [0.4, 0.5) is 21.9 Å². The number of phenolic OH excluding ortho intramolecular Hbond substituents is 1. The second kappa shape index (κ2) is 11.7.